The molecule has 4 heteroatoms. The SMILES string of the molecule is CC1(C)C[C@@H]([NH2+]Cc2ccc3c(c2)OCO3)CCO1. The molecule has 1 aromatic rings. The molecule has 0 radical (unpaired) electrons. The maximum atomic E-state index is 5.75. The summed E-state index contributed by atoms with van der Waals surface area (Å²) < 4.78 is 16.5. The Hall–Kier alpha value is -1.26. The van der Waals surface area contributed by atoms with Gasteiger partial charge in [0.15, 0.2) is 11.5 Å². The summed E-state index contributed by atoms with van der Waals surface area (Å²) >= 11 is 0. The van der Waals surface area contributed by atoms with E-state index >= 15 is 0 Å². The van der Waals surface area contributed by atoms with Crippen molar-refractivity contribution in [3.05, 3.63) is 23.8 Å². The van der Waals surface area contributed by atoms with Gasteiger partial charge in [0.2, 0.25) is 6.79 Å². The van der Waals surface area contributed by atoms with E-state index in [0.717, 1.165) is 37.5 Å². The standard InChI is InChI=1S/C15H21NO3/c1-15(2)8-12(5-6-19-15)16-9-11-3-4-13-14(7-11)18-10-17-13/h3-4,7,12,16H,5-6,8-10H2,1-2H3/p+1/t12-/m0/s1. The van der Waals surface area contributed by atoms with Gasteiger partial charge in [0.25, 0.3) is 0 Å². The molecule has 0 spiro atoms. The number of fused-ring (bicyclic) bond motifs is 1. The molecule has 1 fully saturated rings. The number of hydrogen-bond acceptors (Lipinski definition) is 3. The van der Waals surface area contributed by atoms with Crippen LogP contribution in [0.5, 0.6) is 11.5 Å². The van der Waals surface area contributed by atoms with E-state index in [1.165, 1.54) is 5.56 Å². The van der Waals surface area contributed by atoms with Crippen molar-refractivity contribution in [2.24, 2.45) is 0 Å². The molecule has 2 aliphatic rings. The first kappa shape index (κ1) is 12.8. The molecule has 4 nitrogen and oxygen atoms in total. The third-order valence-electron chi connectivity index (χ3n) is 3.86. The van der Waals surface area contributed by atoms with Gasteiger partial charge in [0.1, 0.15) is 6.54 Å². The van der Waals surface area contributed by atoms with Crippen molar-refractivity contribution in [3.63, 3.8) is 0 Å². The molecule has 2 aliphatic heterocycles. The van der Waals surface area contributed by atoms with Crippen LogP contribution in [0.1, 0.15) is 32.3 Å². The Bertz CT molecular complexity index is 459. The molecule has 2 heterocycles. The van der Waals surface area contributed by atoms with Crippen molar-refractivity contribution < 1.29 is 19.5 Å². The predicted molar refractivity (Wildman–Crippen MR) is 71.2 cm³/mol. The van der Waals surface area contributed by atoms with Gasteiger partial charge in [-0.3, -0.25) is 0 Å². The molecule has 0 saturated carbocycles. The summed E-state index contributed by atoms with van der Waals surface area (Å²) in [4.78, 5) is 0. The fourth-order valence-corrected chi connectivity index (χ4v) is 2.85. The molecule has 0 bridgehead atoms. The van der Waals surface area contributed by atoms with E-state index < -0.39 is 0 Å². The summed E-state index contributed by atoms with van der Waals surface area (Å²) in [7, 11) is 0. The number of nitrogens with two attached hydrogens (primary N) is 1. The first-order valence-electron chi connectivity index (χ1n) is 6.98. The Labute approximate surface area is 114 Å². The van der Waals surface area contributed by atoms with Gasteiger partial charge in [0.05, 0.1) is 18.2 Å². The highest BCUT2D eigenvalue weighted by Gasteiger charge is 2.30. The fraction of sp³-hybridized carbons (Fsp3) is 0.600. The summed E-state index contributed by atoms with van der Waals surface area (Å²) in [6, 6.07) is 6.85. The second-order valence-corrected chi connectivity index (χ2v) is 5.99. The zero-order chi connectivity index (χ0) is 13.3. The molecule has 3 rings (SSSR count). The number of hydrogen-bond donors (Lipinski definition) is 1. The lowest BCUT2D eigenvalue weighted by Crippen LogP contribution is -2.89. The van der Waals surface area contributed by atoms with E-state index in [2.05, 4.69) is 31.3 Å². The highest BCUT2D eigenvalue weighted by Crippen LogP contribution is 2.32. The zero-order valence-corrected chi connectivity index (χ0v) is 11.6. The quantitative estimate of drug-likeness (QED) is 0.898. The lowest BCUT2D eigenvalue weighted by molar-refractivity contribution is -0.709. The third kappa shape index (κ3) is 3.01. The van der Waals surface area contributed by atoms with E-state index in [1.807, 2.05) is 6.07 Å². The van der Waals surface area contributed by atoms with Gasteiger partial charge < -0.3 is 19.5 Å². The minimum absolute atomic E-state index is 0.0221. The summed E-state index contributed by atoms with van der Waals surface area (Å²) in [5.41, 5.74) is 1.31. The van der Waals surface area contributed by atoms with Crippen molar-refractivity contribution in [2.45, 2.75) is 44.9 Å². The van der Waals surface area contributed by atoms with Crippen LogP contribution in [-0.4, -0.2) is 25.0 Å². The Morgan fingerprint density at radius 2 is 2.11 bits per heavy atom. The van der Waals surface area contributed by atoms with Gasteiger partial charge in [-0.05, 0) is 32.0 Å². The fourth-order valence-electron chi connectivity index (χ4n) is 2.85. The zero-order valence-electron chi connectivity index (χ0n) is 11.6. The Balaban J connectivity index is 1.57. The lowest BCUT2D eigenvalue weighted by atomic mass is 9.94. The van der Waals surface area contributed by atoms with Gasteiger partial charge >= 0.3 is 0 Å². The monoisotopic (exact) mass is 264 g/mol. The summed E-state index contributed by atoms with van der Waals surface area (Å²) in [5, 5.41) is 2.42. The molecular weight excluding hydrogens is 242 g/mol. The molecule has 19 heavy (non-hydrogen) atoms. The smallest absolute Gasteiger partial charge is 0.231 e. The highest BCUT2D eigenvalue weighted by atomic mass is 16.7. The van der Waals surface area contributed by atoms with Crippen LogP contribution in [-0.2, 0) is 11.3 Å². The molecule has 0 amide bonds. The van der Waals surface area contributed by atoms with E-state index in [9.17, 15) is 0 Å². The molecule has 0 aromatic heterocycles. The van der Waals surface area contributed by atoms with Crippen LogP contribution in [0.25, 0.3) is 0 Å². The van der Waals surface area contributed by atoms with Crippen LogP contribution < -0.4 is 14.8 Å². The van der Waals surface area contributed by atoms with Crippen molar-refractivity contribution in [1.82, 2.24) is 0 Å². The predicted octanol–water partition coefficient (Wildman–Crippen LogP) is 1.44. The van der Waals surface area contributed by atoms with E-state index in [1.54, 1.807) is 0 Å². The minimum atomic E-state index is 0.0221. The Kier molecular flexibility index (Phi) is 3.37. The van der Waals surface area contributed by atoms with Crippen LogP contribution in [0, 0.1) is 0 Å². The first-order valence-corrected chi connectivity index (χ1v) is 6.98. The topological polar surface area (TPSA) is 44.3 Å². The molecular formula is C15H22NO3+. The molecule has 0 aliphatic carbocycles. The van der Waals surface area contributed by atoms with Crippen molar-refractivity contribution in [2.75, 3.05) is 13.4 Å². The third-order valence-corrected chi connectivity index (χ3v) is 3.86. The highest BCUT2D eigenvalue weighted by molar-refractivity contribution is 5.44. The minimum Gasteiger partial charge on any atom is -0.454 e. The Morgan fingerprint density at radius 3 is 2.95 bits per heavy atom. The number of quaternary nitrogens is 1. The second kappa shape index (κ2) is 5.02. The van der Waals surface area contributed by atoms with E-state index in [4.69, 9.17) is 14.2 Å². The van der Waals surface area contributed by atoms with Crippen LogP contribution in [0.4, 0.5) is 0 Å². The van der Waals surface area contributed by atoms with E-state index in [-0.39, 0.29) is 5.60 Å². The maximum Gasteiger partial charge on any atom is 0.231 e. The first-order chi connectivity index (χ1) is 9.12. The normalized spacial score (nSPS) is 24.4. The van der Waals surface area contributed by atoms with Gasteiger partial charge in [-0.2, -0.15) is 0 Å². The number of rotatable bonds is 3. The molecule has 104 valence electrons. The van der Waals surface area contributed by atoms with Gasteiger partial charge in [-0.25, -0.2) is 0 Å². The van der Waals surface area contributed by atoms with Gasteiger partial charge in [0, 0.05) is 18.4 Å². The largest absolute Gasteiger partial charge is 0.454 e. The molecule has 1 saturated heterocycles. The van der Waals surface area contributed by atoms with Crippen molar-refractivity contribution in [1.29, 1.82) is 0 Å². The van der Waals surface area contributed by atoms with Crippen LogP contribution in [0.3, 0.4) is 0 Å². The van der Waals surface area contributed by atoms with E-state index in [0.29, 0.717) is 12.8 Å². The molecule has 1 aromatic carbocycles. The summed E-state index contributed by atoms with van der Waals surface area (Å²) in [5.74, 6) is 1.73. The number of benzene rings is 1. The summed E-state index contributed by atoms with van der Waals surface area (Å²) in [6.07, 6.45) is 2.24. The summed E-state index contributed by atoms with van der Waals surface area (Å²) in [6.45, 7) is 6.55. The average molecular weight is 264 g/mol. The van der Waals surface area contributed by atoms with Crippen LogP contribution in [0.2, 0.25) is 0 Å². The number of ether oxygens (including phenoxy) is 3. The van der Waals surface area contributed by atoms with Crippen LogP contribution in [0.15, 0.2) is 18.2 Å². The lowest BCUT2D eigenvalue weighted by Gasteiger charge is -2.34. The maximum absolute atomic E-state index is 5.75. The second-order valence-electron chi connectivity index (χ2n) is 5.99. The van der Waals surface area contributed by atoms with Crippen molar-refractivity contribution in [3.8, 4) is 11.5 Å². The van der Waals surface area contributed by atoms with Crippen molar-refractivity contribution >= 4 is 0 Å². The van der Waals surface area contributed by atoms with Gasteiger partial charge in [-0.15, -0.1) is 0 Å². The molecule has 2 N–H and O–H groups in total. The molecule has 0 unspecified atom stereocenters. The van der Waals surface area contributed by atoms with Gasteiger partial charge in [-0.1, -0.05) is 0 Å². The molecule has 1 atom stereocenters. The Morgan fingerprint density at radius 1 is 1.26 bits per heavy atom. The van der Waals surface area contributed by atoms with Crippen LogP contribution >= 0.6 is 0 Å². The average Bonchev–Trinajstić information content (AvgIpc) is 2.82.